The standard InChI is InChI=1S/C16H24N2O4S/c1-3-22-12-14-8-5-4-7-13(14)11-17-16(19)15-9-6-10-18(15)23(2,20)21/h4-5,7-8,15H,3,6,9-12H2,1-2H3,(H,17,19)/t15-/m0/s1. The summed E-state index contributed by atoms with van der Waals surface area (Å²) in [4.78, 5) is 12.4. The smallest absolute Gasteiger partial charge is 0.238 e. The van der Waals surface area contributed by atoms with Crippen LogP contribution < -0.4 is 5.32 Å². The van der Waals surface area contributed by atoms with Gasteiger partial charge in [0.15, 0.2) is 0 Å². The maximum atomic E-state index is 12.4. The number of amides is 1. The van der Waals surface area contributed by atoms with E-state index in [2.05, 4.69) is 5.32 Å². The molecule has 1 saturated heterocycles. The number of sulfonamides is 1. The summed E-state index contributed by atoms with van der Waals surface area (Å²) < 4.78 is 30.2. The second-order valence-corrected chi connectivity index (χ2v) is 7.59. The number of ether oxygens (including phenoxy) is 1. The van der Waals surface area contributed by atoms with Crippen molar-refractivity contribution >= 4 is 15.9 Å². The van der Waals surface area contributed by atoms with Gasteiger partial charge in [-0.1, -0.05) is 24.3 Å². The highest BCUT2D eigenvalue weighted by Gasteiger charge is 2.36. The van der Waals surface area contributed by atoms with Crippen molar-refractivity contribution in [2.45, 2.75) is 39.0 Å². The molecule has 1 fully saturated rings. The minimum atomic E-state index is -3.35. The summed E-state index contributed by atoms with van der Waals surface area (Å²) in [6.07, 6.45) is 2.43. The van der Waals surface area contributed by atoms with Crippen molar-refractivity contribution < 1.29 is 17.9 Å². The predicted octanol–water partition coefficient (Wildman–Crippen LogP) is 1.26. The lowest BCUT2D eigenvalue weighted by Gasteiger charge is -2.21. The summed E-state index contributed by atoms with van der Waals surface area (Å²) in [5, 5.41) is 2.86. The molecule has 0 bridgehead atoms. The number of carbonyl (C=O) groups is 1. The number of hydrogen-bond donors (Lipinski definition) is 1. The minimum absolute atomic E-state index is 0.237. The molecule has 128 valence electrons. The van der Waals surface area contributed by atoms with Gasteiger partial charge in [-0.2, -0.15) is 4.31 Å². The van der Waals surface area contributed by atoms with Gasteiger partial charge in [0.25, 0.3) is 0 Å². The fourth-order valence-corrected chi connectivity index (χ4v) is 3.91. The summed E-state index contributed by atoms with van der Waals surface area (Å²) in [5.41, 5.74) is 2.01. The number of carbonyl (C=O) groups excluding carboxylic acids is 1. The zero-order valence-corrected chi connectivity index (χ0v) is 14.4. The van der Waals surface area contributed by atoms with Crippen LogP contribution in [-0.4, -0.2) is 44.1 Å². The SMILES string of the molecule is CCOCc1ccccc1CNC(=O)[C@@H]1CCCN1S(C)(=O)=O. The maximum absolute atomic E-state index is 12.4. The topological polar surface area (TPSA) is 75.7 Å². The average Bonchev–Trinajstić information content (AvgIpc) is 3.01. The minimum Gasteiger partial charge on any atom is -0.377 e. The van der Waals surface area contributed by atoms with Gasteiger partial charge in [-0.15, -0.1) is 0 Å². The summed E-state index contributed by atoms with van der Waals surface area (Å²) in [6, 6.07) is 7.16. The van der Waals surface area contributed by atoms with Gasteiger partial charge in [0, 0.05) is 19.7 Å². The first kappa shape index (κ1) is 17.9. The van der Waals surface area contributed by atoms with Crippen LogP contribution in [0.25, 0.3) is 0 Å². The van der Waals surface area contributed by atoms with Crippen LogP contribution in [0.3, 0.4) is 0 Å². The Bertz CT molecular complexity index is 645. The molecule has 7 heteroatoms. The molecule has 0 spiro atoms. The average molecular weight is 340 g/mol. The zero-order chi connectivity index (χ0) is 16.9. The molecule has 1 aliphatic heterocycles. The number of nitrogens with one attached hydrogen (secondary N) is 1. The third kappa shape index (κ3) is 4.76. The summed E-state index contributed by atoms with van der Waals surface area (Å²) in [6.45, 7) is 3.85. The normalized spacial score (nSPS) is 19.0. The first-order valence-corrected chi connectivity index (χ1v) is 9.67. The van der Waals surface area contributed by atoms with E-state index in [9.17, 15) is 13.2 Å². The van der Waals surface area contributed by atoms with Crippen molar-refractivity contribution in [2.24, 2.45) is 0 Å². The van der Waals surface area contributed by atoms with E-state index in [0.29, 0.717) is 39.1 Å². The molecular formula is C16H24N2O4S. The van der Waals surface area contributed by atoms with Crippen molar-refractivity contribution in [1.82, 2.24) is 9.62 Å². The van der Waals surface area contributed by atoms with Crippen LogP contribution in [-0.2, 0) is 32.7 Å². The Kier molecular flexibility index (Phi) is 6.15. The molecule has 1 aromatic rings. The lowest BCUT2D eigenvalue weighted by atomic mass is 10.1. The molecule has 0 unspecified atom stereocenters. The van der Waals surface area contributed by atoms with Gasteiger partial charge in [0.2, 0.25) is 15.9 Å². The summed E-state index contributed by atoms with van der Waals surface area (Å²) in [5.74, 6) is -0.237. The lowest BCUT2D eigenvalue weighted by Crippen LogP contribution is -2.45. The van der Waals surface area contributed by atoms with E-state index >= 15 is 0 Å². The quantitative estimate of drug-likeness (QED) is 0.811. The highest BCUT2D eigenvalue weighted by atomic mass is 32.2. The van der Waals surface area contributed by atoms with Crippen LogP contribution >= 0.6 is 0 Å². The molecule has 1 aromatic carbocycles. The van der Waals surface area contributed by atoms with Crippen LogP contribution in [0.4, 0.5) is 0 Å². The molecule has 0 aromatic heterocycles. The molecule has 2 rings (SSSR count). The van der Waals surface area contributed by atoms with E-state index in [0.717, 1.165) is 17.4 Å². The fraction of sp³-hybridized carbons (Fsp3) is 0.562. The summed E-state index contributed by atoms with van der Waals surface area (Å²) >= 11 is 0. The number of nitrogens with zero attached hydrogens (tertiary/aromatic N) is 1. The summed E-state index contributed by atoms with van der Waals surface area (Å²) in [7, 11) is -3.35. The first-order chi connectivity index (χ1) is 10.9. The Morgan fingerprint density at radius 2 is 2.04 bits per heavy atom. The van der Waals surface area contributed by atoms with Crippen LogP contribution in [0.5, 0.6) is 0 Å². The Hall–Kier alpha value is -1.44. The van der Waals surface area contributed by atoms with E-state index < -0.39 is 16.1 Å². The number of benzene rings is 1. The number of hydrogen-bond acceptors (Lipinski definition) is 4. The van der Waals surface area contributed by atoms with Gasteiger partial charge in [-0.25, -0.2) is 8.42 Å². The van der Waals surface area contributed by atoms with E-state index in [1.165, 1.54) is 4.31 Å². The van der Waals surface area contributed by atoms with Crippen molar-refractivity contribution in [1.29, 1.82) is 0 Å². The molecule has 6 nitrogen and oxygen atoms in total. The maximum Gasteiger partial charge on any atom is 0.238 e. The Morgan fingerprint density at radius 1 is 1.35 bits per heavy atom. The fourth-order valence-electron chi connectivity index (χ4n) is 2.78. The van der Waals surface area contributed by atoms with Crippen LogP contribution in [0.1, 0.15) is 30.9 Å². The molecule has 1 heterocycles. The molecule has 23 heavy (non-hydrogen) atoms. The van der Waals surface area contributed by atoms with Crippen molar-refractivity contribution in [3.05, 3.63) is 35.4 Å². The lowest BCUT2D eigenvalue weighted by molar-refractivity contribution is -0.124. The van der Waals surface area contributed by atoms with E-state index in [4.69, 9.17) is 4.74 Å². The Morgan fingerprint density at radius 3 is 2.70 bits per heavy atom. The molecule has 1 aliphatic rings. The molecule has 1 N–H and O–H groups in total. The van der Waals surface area contributed by atoms with E-state index in [1.54, 1.807) is 0 Å². The number of rotatable bonds is 7. The zero-order valence-electron chi connectivity index (χ0n) is 13.6. The van der Waals surface area contributed by atoms with Crippen molar-refractivity contribution in [3.63, 3.8) is 0 Å². The van der Waals surface area contributed by atoms with Crippen molar-refractivity contribution in [3.8, 4) is 0 Å². The van der Waals surface area contributed by atoms with Gasteiger partial charge in [-0.05, 0) is 30.9 Å². The second kappa shape index (κ2) is 7.90. The van der Waals surface area contributed by atoms with E-state index in [1.807, 2.05) is 31.2 Å². The first-order valence-electron chi connectivity index (χ1n) is 7.82. The van der Waals surface area contributed by atoms with Gasteiger partial charge < -0.3 is 10.1 Å². The van der Waals surface area contributed by atoms with Crippen LogP contribution in [0.15, 0.2) is 24.3 Å². The molecular weight excluding hydrogens is 316 g/mol. The van der Waals surface area contributed by atoms with Crippen molar-refractivity contribution in [2.75, 3.05) is 19.4 Å². The highest BCUT2D eigenvalue weighted by molar-refractivity contribution is 7.88. The van der Waals surface area contributed by atoms with Crippen LogP contribution in [0, 0.1) is 0 Å². The predicted molar refractivity (Wildman–Crippen MR) is 88.2 cm³/mol. The largest absolute Gasteiger partial charge is 0.377 e. The third-order valence-electron chi connectivity index (χ3n) is 3.97. The monoisotopic (exact) mass is 340 g/mol. The Labute approximate surface area is 137 Å². The van der Waals surface area contributed by atoms with Gasteiger partial charge in [0.05, 0.1) is 12.9 Å². The molecule has 0 aliphatic carbocycles. The molecule has 1 atom stereocenters. The van der Waals surface area contributed by atoms with Crippen LogP contribution in [0.2, 0.25) is 0 Å². The van der Waals surface area contributed by atoms with Gasteiger partial charge in [-0.3, -0.25) is 4.79 Å². The van der Waals surface area contributed by atoms with Gasteiger partial charge >= 0.3 is 0 Å². The second-order valence-electron chi connectivity index (χ2n) is 5.66. The van der Waals surface area contributed by atoms with Gasteiger partial charge in [0.1, 0.15) is 6.04 Å². The molecule has 1 amide bonds. The Balaban J connectivity index is 1.99. The highest BCUT2D eigenvalue weighted by Crippen LogP contribution is 2.20. The third-order valence-corrected chi connectivity index (χ3v) is 5.25. The molecule has 0 radical (unpaired) electrons. The van der Waals surface area contributed by atoms with E-state index in [-0.39, 0.29) is 5.91 Å². The molecule has 0 saturated carbocycles.